The maximum absolute atomic E-state index is 12.5. The van der Waals surface area contributed by atoms with E-state index in [-0.39, 0.29) is 11.9 Å². The molecule has 2 fully saturated rings. The van der Waals surface area contributed by atoms with Crippen LogP contribution in [0, 0.1) is 0 Å². The molecule has 4 heterocycles. The molecule has 5 rings (SSSR count). The fourth-order valence-electron chi connectivity index (χ4n) is 3.98. The van der Waals surface area contributed by atoms with Gasteiger partial charge < -0.3 is 15.1 Å². The zero-order valence-corrected chi connectivity index (χ0v) is 15.0. The van der Waals surface area contributed by atoms with E-state index in [4.69, 9.17) is 4.42 Å². The van der Waals surface area contributed by atoms with Gasteiger partial charge in [-0.2, -0.15) is 0 Å². The van der Waals surface area contributed by atoms with E-state index in [1.165, 1.54) is 6.42 Å². The van der Waals surface area contributed by atoms with Crippen LogP contribution in [0.4, 0.5) is 0 Å². The van der Waals surface area contributed by atoms with Crippen molar-refractivity contribution in [3.8, 4) is 21.9 Å². The number of aromatic nitrogens is 1. The molecule has 0 radical (unpaired) electrons. The molecule has 0 spiro atoms. The van der Waals surface area contributed by atoms with E-state index in [2.05, 4.69) is 15.6 Å². The van der Waals surface area contributed by atoms with Crippen LogP contribution in [0.1, 0.15) is 29.8 Å². The molecule has 2 saturated heterocycles. The van der Waals surface area contributed by atoms with E-state index in [9.17, 15) is 4.79 Å². The molecule has 1 aromatic carbocycles. The average Bonchev–Trinajstić information content (AvgIpc) is 3.46. The summed E-state index contributed by atoms with van der Waals surface area (Å²) in [6.07, 6.45) is 5.18. The van der Waals surface area contributed by atoms with Crippen molar-refractivity contribution in [3.63, 3.8) is 0 Å². The molecule has 1 amide bonds. The second kappa shape index (κ2) is 6.37. The Hall–Kier alpha value is -2.44. The van der Waals surface area contributed by atoms with E-state index in [0.29, 0.717) is 23.6 Å². The number of thiazole rings is 1. The Balaban J connectivity index is 1.29. The van der Waals surface area contributed by atoms with Gasteiger partial charge in [0.05, 0.1) is 0 Å². The number of carbonyl (C=O) groups excluding carboxylic acids is 1. The van der Waals surface area contributed by atoms with E-state index in [1.54, 1.807) is 23.6 Å². The summed E-state index contributed by atoms with van der Waals surface area (Å²) in [5.41, 5.74) is 2.03. The van der Waals surface area contributed by atoms with Gasteiger partial charge in [-0.25, -0.2) is 4.98 Å². The third-order valence-electron chi connectivity index (χ3n) is 5.30. The predicted octanol–water partition coefficient (Wildman–Crippen LogP) is 3.69. The summed E-state index contributed by atoms with van der Waals surface area (Å²) in [4.78, 5) is 16.8. The molecular weight excluding hydrogens is 346 g/mol. The van der Waals surface area contributed by atoms with Gasteiger partial charge >= 0.3 is 0 Å². The number of hydrogen-bond acceptors (Lipinski definition) is 5. The van der Waals surface area contributed by atoms with Crippen LogP contribution in [-0.2, 0) is 0 Å². The largest absolute Gasteiger partial charge is 0.451 e. The van der Waals surface area contributed by atoms with E-state index in [0.717, 1.165) is 29.0 Å². The van der Waals surface area contributed by atoms with Crippen molar-refractivity contribution < 1.29 is 9.21 Å². The first kappa shape index (κ1) is 15.8. The van der Waals surface area contributed by atoms with Crippen LogP contribution < -0.4 is 10.6 Å². The van der Waals surface area contributed by atoms with E-state index in [1.807, 2.05) is 35.7 Å². The van der Waals surface area contributed by atoms with Crippen molar-refractivity contribution >= 4 is 17.2 Å². The van der Waals surface area contributed by atoms with Gasteiger partial charge in [-0.3, -0.25) is 4.79 Å². The Labute approximate surface area is 155 Å². The van der Waals surface area contributed by atoms with Gasteiger partial charge in [0.15, 0.2) is 5.76 Å². The molecule has 0 unspecified atom stereocenters. The molecule has 26 heavy (non-hydrogen) atoms. The summed E-state index contributed by atoms with van der Waals surface area (Å²) in [5, 5.41) is 9.61. The molecule has 2 aliphatic rings. The molecular formula is C20H19N3O2S. The van der Waals surface area contributed by atoms with E-state index < -0.39 is 0 Å². The highest BCUT2D eigenvalue weighted by atomic mass is 32.1. The Morgan fingerprint density at radius 2 is 2.00 bits per heavy atom. The predicted molar refractivity (Wildman–Crippen MR) is 101 cm³/mol. The summed E-state index contributed by atoms with van der Waals surface area (Å²) in [7, 11) is 0. The number of fused-ring (bicyclic) bond motifs is 2. The first-order chi connectivity index (χ1) is 12.8. The number of nitrogens with one attached hydrogen (secondary N) is 2. The van der Waals surface area contributed by atoms with Crippen LogP contribution in [0.5, 0.6) is 0 Å². The van der Waals surface area contributed by atoms with Crippen molar-refractivity contribution in [3.05, 3.63) is 53.7 Å². The fourth-order valence-corrected chi connectivity index (χ4v) is 4.63. The minimum Gasteiger partial charge on any atom is -0.451 e. The lowest BCUT2D eigenvalue weighted by Gasteiger charge is -2.20. The topological polar surface area (TPSA) is 67.2 Å². The summed E-state index contributed by atoms with van der Waals surface area (Å²) < 4.78 is 5.81. The van der Waals surface area contributed by atoms with Gasteiger partial charge in [0.1, 0.15) is 10.8 Å². The average molecular weight is 365 g/mol. The summed E-state index contributed by atoms with van der Waals surface area (Å²) >= 11 is 1.61. The maximum atomic E-state index is 12.5. The first-order valence-electron chi connectivity index (χ1n) is 8.93. The molecule has 2 bridgehead atoms. The number of furan rings is 1. The van der Waals surface area contributed by atoms with Crippen LogP contribution in [-0.4, -0.2) is 29.0 Å². The summed E-state index contributed by atoms with van der Waals surface area (Å²) in [6.45, 7) is 0. The second-order valence-electron chi connectivity index (χ2n) is 6.94. The van der Waals surface area contributed by atoms with Crippen molar-refractivity contribution in [1.82, 2.24) is 15.6 Å². The third-order valence-corrected chi connectivity index (χ3v) is 6.12. The molecule has 5 nitrogen and oxygen atoms in total. The van der Waals surface area contributed by atoms with Gasteiger partial charge in [0.25, 0.3) is 5.91 Å². The van der Waals surface area contributed by atoms with Crippen molar-refractivity contribution in [2.24, 2.45) is 0 Å². The monoisotopic (exact) mass is 365 g/mol. The third kappa shape index (κ3) is 2.85. The standard InChI is InChI=1S/C20H19N3O2S/c24-19(23-16-11-14-5-6-15(16)22-14)18-8-7-17(25-18)12-1-3-13(4-2-12)20-21-9-10-26-20/h1-4,7-10,14-16,22H,5-6,11H2,(H,23,24)/t14-,15+,16-/m1/s1. The second-order valence-corrected chi connectivity index (χ2v) is 7.84. The normalized spacial score (nSPS) is 24.1. The molecule has 132 valence electrons. The first-order valence-corrected chi connectivity index (χ1v) is 9.81. The van der Waals surface area contributed by atoms with Gasteiger partial charge in [0.2, 0.25) is 0 Å². The Morgan fingerprint density at radius 1 is 1.15 bits per heavy atom. The molecule has 2 aromatic heterocycles. The van der Waals surface area contributed by atoms with Gasteiger partial charge in [-0.05, 0) is 31.4 Å². The van der Waals surface area contributed by atoms with Crippen LogP contribution in [0.15, 0.2) is 52.4 Å². The minimum absolute atomic E-state index is 0.130. The lowest BCUT2D eigenvalue weighted by atomic mass is 9.95. The van der Waals surface area contributed by atoms with Crippen molar-refractivity contribution in [1.29, 1.82) is 0 Å². The Morgan fingerprint density at radius 3 is 2.69 bits per heavy atom. The molecule has 3 aromatic rings. The molecule has 0 saturated carbocycles. The molecule has 2 N–H and O–H groups in total. The molecule has 0 aliphatic carbocycles. The molecule has 2 aliphatic heterocycles. The van der Waals surface area contributed by atoms with Gasteiger partial charge in [-0.1, -0.05) is 24.3 Å². The SMILES string of the molecule is O=C(N[C@@H]1C[C@H]2CC[C@@H]1N2)c1ccc(-c2ccc(-c3nccs3)cc2)o1. The highest BCUT2D eigenvalue weighted by Crippen LogP contribution is 2.29. The maximum Gasteiger partial charge on any atom is 0.287 e. The quantitative estimate of drug-likeness (QED) is 0.740. The zero-order chi connectivity index (χ0) is 17.5. The molecule has 3 atom stereocenters. The lowest BCUT2D eigenvalue weighted by molar-refractivity contribution is 0.0903. The summed E-state index contributed by atoms with van der Waals surface area (Å²) in [5.74, 6) is 0.939. The number of amides is 1. The van der Waals surface area contributed by atoms with Crippen molar-refractivity contribution in [2.45, 2.75) is 37.4 Å². The van der Waals surface area contributed by atoms with Crippen LogP contribution in [0.2, 0.25) is 0 Å². The Kier molecular flexibility index (Phi) is 3.87. The Bertz CT molecular complexity index is 917. The summed E-state index contributed by atoms with van der Waals surface area (Å²) in [6, 6.07) is 12.8. The van der Waals surface area contributed by atoms with Crippen LogP contribution in [0.25, 0.3) is 21.9 Å². The number of benzene rings is 1. The minimum atomic E-state index is -0.130. The van der Waals surface area contributed by atoms with Gasteiger partial charge in [0, 0.05) is 40.8 Å². The number of nitrogens with zero attached hydrogens (tertiary/aromatic N) is 1. The number of carbonyl (C=O) groups is 1. The molecule has 6 heteroatoms. The smallest absolute Gasteiger partial charge is 0.287 e. The lowest BCUT2D eigenvalue weighted by Crippen LogP contribution is -2.42. The highest BCUT2D eigenvalue weighted by molar-refractivity contribution is 7.13. The highest BCUT2D eigenvalue weighted by Gasteiger charge is 2.39. The number of rotatable bonds is 4. The fraction of sp³-hybridized carbons (Fsp3) is 0.300. The number of hydrogen-bond donors (Lipinski definition) is 2. The van der Waals surface area contributed by atoms with E-state index >= 15 is 0 Å². The van der Waals surface area contributed by atoms with Crippen LogP contribution >= 0.6 is 11.3 Å². The van der Waals surface area contributed by atoms with Gasteiger partial charge in [-0.15, -0.1) is 11.3 Å². The van der Waals surface area contributed by atoms with Crippen molar-refractivity contribution in [2.75, 3.05) is 0 Å². The zero-order valence-electron chi connectivity index (χ0n) is 14.1. The van der Waals surface area contributed by atoms with Crippen LogP contribution in [0.3, 0.4) is 0 Å².